The Kier molecular flexibility index (Phi) is 7.10. The van der Waals surface area contributed by atoms with Crippen LogP contribution < -0.4 is 0 Å². The van der Waals surface area contributed by atoms with Crippen LogP contribution in [0.3, 0.4) is 0 Å². The fraction of sp³-hybridized carbons (Fsp3) is 0.727. The zero-order chi connectivity index (χ0) is 11.1. The van der Waals surface area contributed by atoms with Gasteiger partial charge >= 0.3 is 94.3 Å². The molecule has 0 saturated heterocycles. The number of allylic oxidation sites excluding steroid dienone is 2. The first-order valence-electron chi connectivity index (χ1n) is 5.41. The summed E-state index contributed by atoms with van der Waals surface area (Å²) >= 11 is -1.18. The summed E-state index contributed by atoms with van der Waals surface area (Å²) in [6.07, 6.45) is 2.18. The van der Waals surface area contributed by atoms with E-state index in [0.717, 1.165) is 5.71 Å². The molecular weight excluding hydrogens is 230 g/mol. The van der Waals surface area contributed by atoms with Gasteiger partial charge in [-0.2, -0.15) is 0 Å². The van der Waals surface area contributed by atoms with Crippen molar-refractivity contribution in [2.75, 3.05) is 14.1 Å². The second kappa shape index (κ2) is 7.18. The van der Waals surface area contributed by atoms with Crippen LogP contribution in [0.5, 0.6) is 0 Å². The average Bonchev–Trinajstić information content (AvgIpc) is 2.19. The second-order valence-electron chi connectivity index (χ2n) is 3.73. The first kappa shape index (κ1) is 13.8. The SMILES string of the molecule is C[CH2][Ga]([CH2]C)[N](C)/C(C)=C\C(C)=NC. The predicted molar refractivity (Wildman–Crippen MR) is 67.3 cm³/mol. The van der Waals surface area contributed by atoms with Crippen molar-refractivity contribution in [3.63, 3.8) is 0 Å². The number of hydrogen-bond donors (Lipinski definition) is 0. The standard InChI is InChI=1S/C7H13N2.2C2H5.Ga/c1-6(8-3)5-7(2)9-4;2*1-2;/h5H,1-4H3;2*1H2,2H3;/q-1;;;+1/b6-5-,9-7?;;;. The van der Waals surface area contributed by atoms with Crippen molar-refractivity contribution in [1.29, 1.82) is 0 Å². The van der Waals surface area contributed by atoms with E-state index >= 15 is 0 Å². The van der Waals surface area contributed by atoms with Gasteiger partial charge in [0.25, 0.3) is 0 Å². The van der Waals surface area contributed by atoms with Gasteiger partial charge < -0.3 is 0 Å². The molecule has 0 N–H and O–H groups in total. The van der Waals surface area contributed by atoms with Crippen LogP contribution in [0.25, 0.3) is 0 Å². The fourth-order valence-electron chi connectivity index (χ4n) is 1.59. The molecule has 0 spiro atoms. The van der Waals surface area contributed by atoms with E-state index < -0.39 is 16.5 Å². The van der Waals surface area contributed by atoms with Crippen LogP contribution in [0.4, 0.5) is 0 Å². The van der Waals surface area contributed by atoms with Crippen LogP contribution in [-0.4, -0.2) is 39.9 Å². The molecule has 0 saturated carbocycles. The maximum absolute atomic E-state index is 4.16. The summed E-state index contributed by atoms with van der Waals surface area (Å²) in [7, 11) is 4.09. The minimum absolute atomic E-state index is 1.11. The summed E-state index contributed by atoms with van der Waals surface area (Å²) in [6, 6.07) is 0. The quantitative estimate of drug-likeness (QED) is 0.543. The zero-order valence-corrected chi connectivity index (χ0v) is 12.9. The number of aliphatic imine (C=N–C) groups is 1. The third-order valence-electron chi connectivity index (χ3n) is 2.82. The summed E-state index contributed by atoms with van der Waals surface area (Å²) in [5, 5.41) is 0. The van der Waals surface area contributed by atoms with Crippen LogP contribution in [-0.2, 0) is 0 Å². The Bertz CT molecular complexity index is 217. The number of nitrogens with zero attached hydrogens (tertiary/aromatic N) is 2. The van der Waals surface area contributed by atoms with Gasteiger partial charge in [0, 0.05) is 0 Å². The Morgan fingerprint density at radius 1 is 1.29 bits per heavy atom. The van der Waals surface area contributed by atoms with E-state index in [9.17, 15) is 0 Å². The van der Waals surface area contributed by atoms with E-state index in [0.29, 0.717) is 0 Å². The Hall–Kier alpha value is -0.154. The van der Waals surface area contributed by atoms with Gasteiger partial charge in [-0.25, -0.2) is 0 Å². The number of hydrogen-bond acceptors (Lipinski definition) is 2. The molecule has 0 bridgehead atoms. The van der Waals surface area contributed by atoms with Gasteiger partial charge in [0.2, 0.25) is 0 Å². The Balaban J connectivity index is 4.51. The molecule has 0 radical (unpaired) electrons. The molecular formula is C11H23GaN2. The molecule has 0 unspecified atom stereocenters. The van der Waals surface area contributed by atoms with Crippen molar-refractivity contribution in [3.05, 3.63) is 11.8 Å². The zero-order valence-electron chi connectivity index (χ0n) is 10.5. The fourth-order valence-corrected chi connectivity index (χ4v) is 6.47. The maximum atomic E-state index is 4.16. The first-order chi connectivity index (χ1) is 6.56. The Morgan fingerprint density at radius 3 is 2.14 bits per heavy atom. The summed E-state index contributed by atoms with van der Waals surface area (Å²) in [5.41, 5.74) is 2.49. The second-order valence-corrected chi connectivity index (χ2v) is 11.5. The molecule has 0 heterocycles. The molecule has 0 aromatic carbocycles. The molecule has 0 aromatic rings. The molecule has 0 aliphatic rings. The van der Waals surface area contributed by atoms with Crippen molar-refractivity contribution in [3.8, 4) is 0 Å². The van der Waals surface area contributed by atoms with E-state index in [-0.39, 0.29) is 0 Å². The molecule has 3 heteroatoms. The van der Waals surface area contributed by atoms with Crippen LogP contribution in [0, 0.1) is 0 Å². The third-order valence-corrected chi connectivity index (χ3v) is 9.92. The third kappa shape index (κ3) is 4.38. The van der Waals surface area contributed by atoms with E-state index in [1.807, 2.05) is 7.05 Å². The molecule has 14 heavy (non-hydrogen) atoms. The summed E-state index contributed by atoms with van der Waals surface area (Å²) in [6.45, 7) is 8.88. The molecule has 0 aromatic heterocycles. The van der Waals surface area contributed by atoms with E-state index in [2.05, 4.69) is 49.4 Å². The topological polar surface area (TPSA) is 15.6 Å². The van der Waals surface area contributed by atoms with E-state index in [1.54, 1.807) is 0 Å². The van der Waals surface area contributed by atoms with Gasteiger partial charge in [0.05, 0.1) is 0 Å². The van der Waals surface area contributed by atoms with Crippen LogP contribution in [0.15, 0.2) is 16.8 Å². The predicted octanol–water partition coefficient (Wildman–Crippen LogP) is 2.94. The normalized spacial score (nSPS) is 13.0. The summed E-state index contributed by atoms with van der Waals surface area (Å²) in [5.74, 6) is 0. The molecule has 0 rings (SSSR count). The van der Waals surface area contributed by atoms with Crippen molar-refractivity contribution in [2.45, 2.75) is 37.6 Å². The van der Waals surface area contributed by atoms with E-state index in [1.165, 1.54) is 15.6 Å². The van der Waals surface area contributed by atoms with Gasteiger partial charge in [-0.05, 0) is 0 Å². The van der Waals surface area contributed by atoms with E-state index in [4.69, 9.17) is 0 Å². The van der Waals surface area contributed by atoms with Gasteiger partial charge in [-0.3, -0.25) is 0 Å². The monoisotopic (exact) mass is 252 g/mol. The average molecular weight is 253 g/mol. The van der Waals surface area contributed by atoms with Gasteiger partial charge in [0.1, 0.15) is 0 Å². The van der Waals surface area contributed by atoms with Crippen molar-refractivity contribution in [2.24, 2.45) is 4.99 Å². The minimum atomic E-state index is -1.18. The Labute approximate surface area is 94.4 Å². The van der Waals surface area contributed by atoms with Crippen molar-refractivity contribution in [1.82, 2.24) is 3.61 Å². The number of rotatable bonds is 5. The van der Waals surface area contributed by atoms with Crippen LogP contribution in [0.1, 0.15) is 27.7 Å². The van der Waals surface area contributed by atoms with Gasteiger partial charge in [0.15, 0.2) is 0 Å². The molecule has 2 nitrogen and oxygen atoms in total. The molecule has 80 valence electrons. The summed E-state index contributed by atoms with van der Waals surface area (Å²) < 4.78 is 2.53. The van der Waals surface area contributed by atoms with Crippen molar-refractivity contribution < 1.29 is 0 Å². The first-order valence-corrected chi connectivity index (χ1v) is 9.92. The van der Waals surface area contributed by atoms with Crippen LogP contribution >= 0.6 is 0 Å². The van der Waals surface area contributed by atoms with Gasteiger partial charge in [-0.1, -0.05) is 0 Å². The van der Waals surface area contributed by atoms with Gasteiger partial charge in [-0.15, -0.1) is 0 Å². The molecule has 0 aliphatic carbocycles. The summed E-state index contributed by atoms with van der Waals surface area (Å²) in [4.78, 5) is 6.92. The van der Waals surface area contributed by atoms with Crippen LogP contribution in [0.2, 0.25) is 9.95 Å². The molecule has 0 fully saturated rings. The Morgan fingerprint density at radius 2 is 1.79 bits per heavy atom. The van der Waals surface area contributed by atoms with Crippen molar-refractivity contribution >= 4 is 22.2 Å². The molecule has 0 amide bonds. The molecule has 0 atom stereocenters. The molecule has 0 aliphatic heterocycles.